The molecule has 3 heteroatoms. The molecule has 3 rings (SSSR count). The van der Waals surface area contributed by atoms with Gasteiger partial charge >= 0.3 is 0 Å². The van der Waals surface area contributed by atoms with Crippen molar-refractivity contribution in [3.05, 3.63) is 71.9 Å². The van der Waals surface area contributed by atoms with Gasteiger partial charge in [0.2, 0.25) is 0 Å². The van der Waals surface area contributed by atoms with Crippen LogP contribution in [-0.4, -0.2) is 30.2 Å². The fourth-order valence-electron chi connectivity index (χ4n) is 3.69. The second-order valence-corrected chi connectivity index (χ2v) is 6.81. The third-order valence-corrected chi connectivity index (χ3v) is 5.09. The maximum absolute atomic E-state index is 12.0. The van der Waals surface area contributed by atoms with E-state index in [0.29, 0.717) is 12.8 Å². The summed E-state index contributed by atoms with van der Waals surface area (Å²) in [5.41, 5.74) is 4.61. The van der Waals surface area contributed by atoms with E-state index >= 15 is 0 Å². The summed E-state index contributed by atoms with van der Waals surface area (Å²) in [6, 6.07) is 0. The minimum absolute atomic E-state index is 0.130. The van der Waals surface area contributed by atoms with Crippen molar-refractivity contribution in [2.24, 2.45) is 0 Å². The van der Waals surface area contributed by atoms with Gasteiger partial charge in [0, 0.05) is 13.5 Å². The summed E-state index contributed by atoms with van der Waals surface area (Å²) in [5, 5.41) is 10.4. The monoisotopic (exact) mass is 354 g/mol. The number of rotatable bonds is 10. The van der Waals surface area contributed by atoms with Crippen LogP contribution in [0.3, 0.4) is 0 Å². The van der Waals surface area contributed by atoms with Gasteiger partial charge in [-0.1, -0.05) is 43.5 Å². The second-order valence-electron chi connectivity index (χ2n) is 6.81. The number of methoxy groups -OCH3 is 1. The molecule has 1 saturated carbocycles. The van der Waals surface area contributed by atoms with Gasteiger partial charge in [0.15, 0.2) is 5.78 Å². The highest BCUT2D eigenvalue weighted by Gasteiger charge is 2.33. The molecule has 26 heavy (non-hydrogen) atoms. The Morgan fingerprint density at radius 2 is 2.15 bits per heavy atom. The van der Waals surface area contributed by atoms with Crippen molar-refractivity contribution in [1.29, 1.82) is 0 Å². The molecular formula is C23H30O3. The molecule has 0 amide bonds. The van der Waals surface area contributed by atoms with Gasteiger partial charge in [-0.2, -0.15) is 0 Å². The molecule has 2 bridgehead atoms. The Labute approximate surface area is 157 Å². The second kappa shape index (κ2) is 10.2. The molecule has 0 aliphatic heterocycles. The van der Waals surface area contributed by atoms with Crippen molar-refractivity contribution in [2.75, 3.05) is 7.11 Å². The first kappa shape index (κ1) is 20.3. The van der Waals surface area contributed by atoms with Gasteiger partial charge < -0.3 is 9.84 Å². The molecule has 3 aliphatic rings. The van der Waals surface area contributed by atoms with Gasteiger partial charge in [-0.25, -0.2) is 0 Å². The van der Waals surface area contributed by atoms with Crippen LogP contribution in [0.2, 0.25) is 0 Å². The number of aliphatic hydroxyl groups excluding tert-OH is 1. The van der Waals surface area contributed by atoms with E-state index < -0.39 is 6.10 Å². The number of fused-ring (bicyclic) bond motifs is 4. The molecule has 0 saturated heterocycles. The molecule has 0 aromatic rings. The molecule has 3 nitrogen and oxygen atoms in total. The largest absolute Gasteiger partial charge is 0.386 e. The molecule has 0 aromatic heterocycles. The van der Waals surface area contributed by atoms with Crippen molar-refractivity contribution >= 4 is 5.78 Å². The summed E-state index contributed by atoms with van der Waals surface area (Å²) < 4.78 is 5.54. The van der Waals surface area contributed by atoms with Crippen molar-refractivity contribution in [3.63, 3.8) is 0 Å². The summed E-state index contributed by atoms with van der Waals surface area (Å²) in [6.07, 6.45) is 16.3. The van der Waals surface area contributed by atoms with E-state index in [-0.39, 0.29) is 11.9 Å². The van der Waals surface area contributed by atoms with Crippen LogP contribution in [0.15, 0.2) is 71.9 Å². The predicted molar refractivity (Wildman–Crippen MR) is 107 cm³/mol. The Hall–Kier alpha value is -1.97. The first-order valence-corrected chi connectivity index (χ1v) is 9.37. The smallest absolute Gasteiger partial charge is 0.155 e. The van der Waals surface area contributed by atoms with Crippen LogP contribution in [0, 0.1) is 0 Å². The van der Waals surface area contributed by atoms with Crippen LogP contribution >= 0.6 is 0 Å². The lowest BCUT2D eigenvalue weighted by Crippen LogP contribution is -2.33. The summed E-state index contributed by atoms with van der Waals surface area (Å²) >= 11 is 0. The van der Waals surface area contributed by atoms with E-state index in [2.05, 4.69) is 19.2 Å². The van der Waals surface area contributed by atoms with Gasteiger partial charge in [-0.3, -0.25) is 4.79 Å². The molecule has 0 radical (unpaired) electrons. The molecule has 2 atom stereocenters. The Morgan fingerprint density at radius 1 is 1.35 bits per heavy atom. The highest BCUT2D eigenvalue weighted by atomic mass is 16.5. The van der Waals surface area contributed by atoms with E-state index in [1.807, 2.05) is 12.2 Å². The van der Waals surface area contributed by atoms with Crippen LogP contribution in [0.5, 0.6) is 0 Å². The Morgan fingerprint density at radius 3 is 2.85 bits per heavy atom. The SMILES string of the molecule is C=C/C=C(\C=C)CCC(=O)/C=C/CCC1=C2CCCC(=C1)C(O)C2OC. The van der Waals surface area contributed by atoms with E-state index in [1.165, 1.54) is 11.1 Å². The fraction of sp³-hybridized carbons (Fsp3) is 0.435. The van der Waals surface area contributed by atoms with Gasteiger partial charge in [-0.05, 0) is 66.9 Å². The molecular weight excluding hydrogens is 324 g/mol. The Kier molecular flexibility index (Phi) is 8.02. The van der Waals surface area contributed by atoms with E-state index in [4.69, 9.17) is 4.74 Å². The summed E-state index contributed by atoms with van der Waals surface area (Å²) in [4.78, 5) is 12.0. The number of allylic oxidation sites excluding steroid dienone is 8. The number of ether oxygens (including phenoxy) is 1. The Bertz CT molecular complexity index is 661. The molecule has 0 heterocycles. The number of carbonyl (C=O) groups is 1. The van der Waals surface area contributed by atoms with Crippen molar-refractivity contribution < 1.29 is 14.6 Å². The maximum atomic E-state index is 12.0. The van der Waals surface area contributed by atoms with Crippen LogP contribution in [0.25, 0.3) is 0 Å². The lowest BCUT2D eigenvalue weighted by molar-refractivity contribution is -0.114. The van der Waals surface area contributed by atoms with E-state index in [0.717, 1.165) is 43.3 Å². The number of hydrogen-bond donors (Lipinski definition) is 1. The third kappa shape index (κ3) is 5.26. The molecule has 0 spiro atoms. The number of aliphatic hydroxyl groups is 1. The Balaban J connectivity index is 1.88. The topological polar surface area (TPSA) is 46.5 Å². The lowest BCUT2D eigenvalue weighted by atomic mass is 9.87. The zero-order valence-corrected chi connectivity index (χ0v) is 15.7. The molecule has 1 fully saturated rings. The van der Waals surface area contributed by atoms with Gasteiger partial charge in [0.1, 0.15) is 12.2 Å². The molecule has 1 N–H and O–H groups in total. The first-order valence-electron chi connectivity index (χ1n) is 9.37. The maximum Gasteiger partial charge on any atom is 0.155 e. The number of hydrogen-bond acceptors (Lipinski definition) is 3. The average Bonchev–Trinajstić information content (AvgIpc) is 2.94. The van der Waals surface area contributed by atoms with Crippen LogP contribution in [-0.2, 0) is 9.53 Å². The normalized spacial score (nSPS) is 23.2. The van der Waals surface area contributed by atoms with Gasteiger partial charge in [-0.15, -0.1) is 0 Å². The van der Waals surface area contributed by atoms with Crippen LogP contribution in [0.4, 0.5) is 0 Å². The highest BCUT2D eigenvalue weighted by molar-refractivity contribution is 5.89. The van der Waals surface area contributed by atoms with Gasteiger partial charge in [0.05, 0.1) is 0 Å². The van der Waals surface area contributed by atoms with Crippen molar-refractivity contribution in [2.45, 2.75) is 57.2 Å². The molecule has 0 aromatic carbocycles. The predicted octanol–water partition coefficient (Wildman–Crippen LogP) is 4.77. The highest BCUT2D eigenvalue weighted by Crippen LogP contribution is 2.38. The number of ketones is 1. The zero-order valence-electron chi connectivity index (χ0n) is 15.7. The zero-order chi connectivity index (χ0) is 18.9. The quantitative estimate of drug-likeness (QED) is 0.454. The minimum atomic E-state index is -0.499. The van der Waals surface area contributed by atoms with E-state index in [1.54, 1.807) is 25.3 Å². The van der Waals surface area contributed by atoms with E-state index in [9.17, 15) is 9.90 Å². The van der Waals surface area contributed by atoms with Crippen molar-refractivity contribution in [3.8, 4) is 0 Å². The molecule has 3 aliphatic carbocycles. The van der Waals surface area contributed by atoms with Gasteiger partial charge in [0.25, 0.3) is 0 Å². The summed E-state index contributed by atoms with van der Waals surface area (Å²) in [5.74, 6) is 0.130. The standard InChI is InChI=1S/C23H30O3/c1-4-9-17(5-2)14-15-20(24)12-7-6-10-18-16-19-11-8-13-21(18)23(26-3)22(19)25/h4-5,7,9,12,16,22-23,25H,1-2,6,8,10-11,13-15H2,3H3/b12-7+,17-9+. The summed E-state index contributed by atoms with van der Waals surface area (Å²) in [7, 11) is 1.66. The first-order chi connectivity index (χ1) is 12.6. The molecule has 2 unspecified atom stereocenters. The number of carbonyl (C=O) groups excluding carboxylic acids is 1. The molecule has 140 valence electrons. The van der Waals surface area contributed by atoms with Crippen molar-refractivity contribution in [1.82, 2.24) is 0 Å². The lowest BCUT2D eigenvalue weighted by Gasteiger charge is -2.29. The summed E-state index contributed by atoms with van der Waals surface area (Å²) in [6.45, 7) is 7.41. The van der Waals surface area contributed by atoms with Crippen LogP contribution in [0.1, 0.15) is 44.9 Å². The third-order valence-electron chi connectivity index (χ3n) is 5.09. The van der Waals surface area contributed by atoms with Crippen LogP contribution < -0.4 is 0 Å². The fourth-order valence-corrected chi connectivity index (χ4v) is 3.69. The minimum Gasteiger partial charge on any atom is -0.386 e. The average molecular weight is 354 g/mol.